The van der Waals surface area contributed by atoms with Crippen LogP contribution >= 0.6 is 11.3 Å². The zero-order valence-corrected chi connectivity index (χ0v) is 16.8. The Morgan fingerprint density at radius 1 is 1.00 bits per heavy atom. The topological polar surface area (TPSA) is 38.3 Å². The Labute approximate surface area is 165 Å². The van der Waals surface area contributed by atoms with Crippen LogP contribution in [-0.2, 0) is 16.6 Å². The minimum absolute atomic E-state index is 0.0137. The van der Waals surface area contributed by atoms with E-state index >= 15 is 0 Å². The van der Waals surface area contributed by atoms with Crippen LogP contribution in [0.2, 0.25) is 0 Å². The highest BCUT2D eigenvalue weighted by Crippen LogP contribution is 2.30. The molecule has 0 saturated heterocycles. The molecule has 0 unspecified atom stereocenters. The van der Waals surface area contributed by atoms with Gasteiger partial charge in [0.1, 0.15) is 11.5 Å². The van der Waals surface area contributed by atoms with Gasteiger partial charge >= 0.3 is 0 Å². The van der Waals surface area contributed by atoms with Crippen LogP contribution in [0, 0.1) is 0 Å². The summed E-state index contributed by atoms with van der Waals surface area (Å²) in [5, 5.41) is 4.89. The van der Waals surface area contributed by atoms with E-state index in [1.165, 1.54) is 5.56 Å². The van der Waals surface area contributed by atoms with Crippen LogP contribution in [0.1, 0.15) is 37.6 Å². The fourth-order valence-electron chi connectivity index (χ4n) is 2.70. The number of carbonyl (C=O) groups excluding carboxylic acids is 1. The molecule has 0 aliphatic heterocycles. The number of benzene rings is 2. The maximum absolute atomic E-state index is 12.1. The Kier molecular flexibility index (Phi) is 5.97. The number of anilines is 1. The number of hydrogen-bond donors (Lipinski definition) is 1. The molecule has 0 bridgehead atoms. The fourth-order valence-corrected chi connectivity index (χ4v) is 3.40. The molecule has 0 radical (unpaired) electrons. The van der Waals surface area contributed by atoms with Crippen LogP contribution < -0.4 is 10.1 Å². The summed E-state index contributed by atoms with van der Waals surface area (Å²) in [5.41, 5.74) is 2.24. The first-order chi connectivity index (χ1) is 13.0. The molecule has 0 aliphatic carbocycles. The number of rotatable bonds is 7. The molecule has 1 amide bonds. The maximum atomic E-state index is 12.1. The number of thiophene rings is 1. The van der Waals surface area contributed by atoms with Crippen molar-refractivity contribution in [1.82, 2.24) is 0 Å². The molecular weight excluding hydrogens is 354 g/mol. The van der Waals surface area contributed by atoms with Gasteiger partial charge in [-0.05, 0) is 65.2 Å². The highest BCUT2D eigenvalue weighted by atomic mass is 32.1. The molecule has 27 heavy (non-hydrogen) atoms. The van der Waals surface area contributed by atoms with Crippen LogP contribution in [0.4, 0.5) is 5.69 Å². The molecule has 0 fully saturated rings. The third-order valence-corrected chi connectivity index (χ3v) is 5.68. The monoisotopic (exact) mass is 379 g/mol. The Bertz CT molecular complexity index is 866. The molecule has 3 aromatic rings. The van der Waals surface area contributed by atoms with Gasteiger partial charge < -0.3 is 10.1 Å². The van der Waals surface area contributed by atoms with Gasteiger partial charge in [0, 0.05) is 10.6 Å². The molecule has 1 aromatic heterocycles. The Balaban J connectivity index is 1.58. The van der Waals surface area contributed by atoms with Crippen molar-refractivity contribution in [1.29, 1.82) is 0 Å². The molecule has 0 saturated carbocycles. The number of ether oxygens (including phenoxy) is 1. The van der Waals surface area contributed by atoms with Crippen molar-refractivity contribution in [3.05, 3.63) is 76.5 Å². The normalized spacial score (nSPS) is 11.2. The molecule has 1 N–H and O–H groups in total. The Hall–Kier alpha value is -2.59. The summed E-state index contributed by atoms with van der Waals surface area (Å²) in [6, 6.07) is 19.6. The number of carbonyl (C=O) groups is 1. The molecule has 0 aliphatic rings. The predicted molar refractivity (Wildman–Crippen MR) is 113 cm³/mol. The van der Waals surface area contributed by atoms with Crippen molar-refractivity contribution in [2.75, 3.05) is 5.32 Å². The second-order valence-corrected chi connectivity index (χ2v) is 8.22. The van der Waals surface area contributed by atoms with Crippen LogP contribution in [0.5, 0.6) is 11.5 Å². The zero-order chi connectivity index (χ0) is 19.3. The summed E-state index contributed by atoms with van der Waals surface area (Å²) in [5.74, 6) is 1.54. The molecule has 1 heterocycles. The van der Waals surface area contributed by atoms with E-state index in [9.17, 15) is 4.79 Å². The number of hydrogen-bond acceptors (Lipinski definition) is 3. The predicted octanol–water partition coefficient (Wildman–Crippen LogP) is 6.41. The van der Waals surface area contributed by atoms with Crippen molar-refractivity contribution < 1.29 is 9.53 Å². The van der Waals surface area contributed by atoms with E-state index in [2.05, 4.69) is 38.2 Å². The summed E-state index contributed by atoms with van der Waals surface area (Å²) in [4.78, 5) is 13.1. The molecular formula is C23H25NO2S. The fraction of sp³-hybridized carbons (Fsp3) is 0.261. The van der Waals surface area contributed by atoms with E-state index in [0.717, 1.165) is 28.5 Å². The van der Waals surface area contributed by atoms with Gasteiger partial charge in [0.05, 0.1) is 6.42 Å². The first-order valence-corrected chi connectivity index (χ1v) is 10.0. The van der Waals surface area contributed by atoms with E-state index in [-0.39, 0.29) is 11.3 Å². The van der Waals surface area contributed by atoms with Crippen molar-refractivity contribution in [2.24, 2.45) is 0 Å². The molecule has 2 aromatic carbocycles. The van der Waals surface area contributed by atoms with Gasteiger partial charge in [-0.1, -0.05) is 39.0 Å². The lowest BCUT2D eigenvalue weighted by atomic mass is 9.82. The summed E-state index contributed by atoms with van der Waals surface area (Å²) in [6.07, 6.45) is 1.49. The number of amides is 1. The van der Waals surface area contributed by atoms with Gasteiger partial charge in [0.15, 0.2) is 0 Å². The molecule has 4 heteroatoms. The highest BCUT2D eigenvalue weighted by Gasteiger charge is 2.17. The third-order valence-electron chi connectivity index (χ3n) is 4.81. The van der Waals surface area contributed by atoms with E-state index in [1.807, 2.05) is 53.9 Å². The summed E-state index contributed by atoms with van der Waals surface area (Å²) in [6.45, 7) is 6.69. The first kappa shape index (κ1) is 19.2. The maximum Gasteiger partial charge on any atom is 0.229 e. The van der Waals surface area contributed by atoms with Gasteiger partial charge in [0.25, 0.3) is 0 Å². The third kappa shape index (κ3) is 5.20. The van der Waals surface area contributed by atoms with E-state index in [4.69, 9.17) is 4.74 Å². The van der Waals surface area contributed by atoms with Crippen LogP contribution in [0.3, 0.4) is 0 Å². The summed E-state index contributed by atoms with van der Waals surface area (Å²) in [7, 11) is 0. The van der Waals surface area contributed by atoms with Gasteiger partial charge in [-0.2, -0.15) is 0 Å². The molecule has 140 valence electrons. The average Bonchev–Trinajstić information content (AvgIpc) is 3.16. The average molecular weight is 380 g/mol. The zero-order valence-electron chi connectivity index (χ0n) is 16.0. The van der Waals surface area contributed by atoms with Crippen LogP contribution in [0.25, 0.3) is 0 Å². The van der Waals surface area contributed by atoms with E-state index in [0.29, 0.717) is 6.42 Å². The largest absolute Gasteiger partial charge is 0.457 e. The molecule has 0 spiro atoms. The lowest BCUT2D eigenvalue weighted by Gasteiger charge is -2.23. The van der Waals surface area contributed by atoms with Crippen LogP contribution in [0.15, 0.2) is 66.0 Å². The SMILES string of the molecule is CCC(C)(C)c1ccc(Oc2ccc(NC(=O)Cc3cccs3)cc2)cc1. The van der Waals surface area contributed by atoms with Crippen molar-refractivity contribution in [3.8, 4) is 11.5 Å². The summed E-state index contributed by atoms with van der Waals surface area (Å²) >= 11 is 1.59. The highest BCUT2D eigenvalue weighted by molar-refractivity contribution is 7.10. The lowest BCUT2D eigenvalue weighted by Crippen LogP contribution is -2.14. The Morgan fingerprint density at radius 2 is 1.63 bits per heavy atom. The standard InChI is InChI=1S/C23H25NO2S/c1-4-23(2,3)17-7-11-19(12-8-17)26-20-13-9-18(10-14-20)24-22(25)16-21-6-5-15-27-21/h5-15H,4,16H2,1-3H3,(H,24,25). The first-order valence-electron chi connectivity index (χ1n) is 9.17. The molecule has 0 atom stereocenters. The van der Waals surface area contributed by atoms with Crippen molar-refractivity contribution in [2.45, 2.75) is 39.0 Å². The quantitative estimate of drug-likeness (QED) is 0.515. The van der Waals surface area contributed by atoms with E-state index in [1.54, 1.807) is 11.3 Å². The minimum Gasteiger partial charge on any atom is -0.457 e. The smallest absolute Gasteiger partial charge is 0.229 e. The summed E-state index contributed by atoms with van der Waals surface area (Å²) < 4.78 is 5.91. The second-order valence-electron chi connectivity index (χ2n) is 7.19. The van der Waals surface area contributed by atoms with Gasteiger partial charge in [0.2, 0.25) is 5.91 Å². The minimum atomic E-state index is -0.0137. The van der Waals surface area contributed by atoms with Crippen LogP contribution in [-0.4, -0.2) is 5.91 Å². The van der Waals surface area contributed by atoms with E-state index < -0.39 is 0 Å². The molecule has 3 nitrogen and oxygen atoms in total. The van der Waals surface area contributed by atoms with Gasteiger partial charge in [-0.3, -0.25) is 4.79 Å². The van der Waals surface area contributed by atoms with Crippen molar-refractivity contribution >= 4 is 22.9 Å². The number of nitrogens with one attached hydrogen (secondary N) is 1. The Morgan fingerprint density at radius 3 is 2.19 bits per heavy atom. The second kappa shape index (κ2) is 8.40. The lowest BCUT2D eigenvalue weighted by molar-refractivity contribution is -0.115. The van der Waals surface area contributed by atoms with Crippen molar-refractivity contribution in [3.63, 3.8) is 0 Å². The van der Waals surface area contributed by atoms with Gasteiger partial charge in [-0.15, -0.1) is 11.3 Å². The van der Waals surface area contributed by atoms with Gasteiger partial charge in [-0.25, -0.2) is 0 Å². The molecule has 3 rings (SSSR count).